The van der Waals surface area contributed by atoms with Crippen LogP contribution in [0, 0.1) is 0 Å². The SMILES string of the molecule is CC(C)(CCO)NS(=O)(=O)c1cncc(Br)c1. The minimum absolute atomic E-state index is 0.0771. The fourth-order valence-corrected chi connectivity index (χ4v) is 3.24. The molecule has 0 atom stereocenters. The van der Waals surface area contributed by atoms with E-state index < -0.39 is 15.6 Å². The Morgan fingerprint density at radius 1 is 1.47 bits per heavy atom. The van der Waals surface area contributed by atoms with Gasteiger partial charge in [-0.2, -0.15) is 0 Å². The van der Waals surface area contributed by atoms with Gasteiger partial charge in [0.05, 0.1) is 0 Å². The second-order valence-electron chi connectivity index (χ2n) is 4.30. The first-order valence-electron chi connectivity index (χ1n) is 5.02. The Bertz CT molecular complexity index is 488. The number of sulfonamides is 1. The van der Waals surface area contributed by atoms with Crippen molar-refractivity contribution >= 4 is 26.0 Å². The van der Waals surface area contributed by atoms with Crippen LogP contribution in [0.4, 0.5) is 0 Å². The summed E-state index contributed by atoms with van der Waals surface area (Å²) in [4.78, 5) is 3.91. The smallest absolute Gasteiger partial charge is 0.242 e. The van der Waals surface area contributed by atoms with Gasteiger partial charge in [0.15, 0.2) is 0 Å². The zero-order valence-corrected chi connectivity index (χ0v) is 12.0. The third-order valence-electron chi connectivity index (χ3n) is 2.14. The van der Waals surface area contributed by atoms with E-state index in [1.165, 1.54) is 18.5 Å². The number of aliphatic hydroxyl groups excluding tert-OH is 1. The first-order chi connectivity index (χ1) is 7.77. The van der Waals surface area contributed by atoms with E-state index in [9.17, 15) is 8.42 Å². The second kappa shape index (κ2) is 5.43. The molecule has 17 heavy (non-hydrogen) atoms. The van der Waals surface area contributed by atoms with E-state index in [1.807, 2.05) is 0 Å². The number of hydrogen-bond acceptors (Lipinski definition) is 4. The molecule has 0 unspecified atom stereocenters. The van der Waals surface area contributed by atoms with E-state index in [2.05, 4.69) is 25.6 Å². The van der Waals surface area contributed by atoms with Crippen molar-refractivity contribution < 1.29 is 13.5 Å². The van der Waals surface area contributed by atoms with Crippen LogP contribution in [0.25, 0.3) is 0 Å². The Morgan fingerprint density at radius 3 is 2.65 bits per heavy atom. The van der Waals surface area contributed by atoms with Gasteiger partial charge in [0.2, 0.25) is 10.0 Å². The summed E-state index contributed by atoms with van der Waals surface area (Å²) in [5.41, 5.74) is -0.699. The van der Waals surface area contributed by atoms with Gasteiger partial charge in [-0.3, -0.25) is 4.98 Å². The normalized spacial score (nSPS) is 12.7. The van der Waals surface area contributed by atoms with Gasteiger partial charge in [-0.15, -0.1) is 0 Å². The molecule has 5 nitrogen and oxygen atoms in total. The van der Waals surface area contributed by atoms with Gasteiger partial charge in [-0.1, -0.05) is 0 Å². The molecule has 0 aliphatic rings. The zero-order chi connectivity index (χ0) is 13.1. The fourth-order valence-electron chi connectivity index (χ4n) is 1.29. The van der Waals surface area contributed by atoms with E-state index in [0.717, 1.165) is 0 Å². The molecule has 0 spiro atoms. The average Bonchev–Trinajstić information content (AvgIpc) is 2.15. The summed E-state index contributed by atoms with van der Waals surface area (Å²) in [5, 5.41) is 8.86. The molecule has 96 valence electrons. The first-order valence-corrected chi connectivity index (χ1v) is 7.30. The number of hydrogen-bond donors (Lipinski definition) is 2. The van der Waals surface area contributed by atoms with Gasteiger partial charge in [-0.25, -0.2) is 13.1 Å². The largest absolute Gasteiger partial charge is 0.396 e. The Balaban J connectivity index is 2.97. The van der Waals surface area contributed by atoms with Crippen LogP contribution in [0.2, 0.25) is 0 Å². The third-order valence-corrected chi connectivity index (χ3v) is 4.24. The van der Waals surface area contributed by atoms with Crippen LogP contribution >= 0.6 is 15.9 Å². The summed E-state index contributed by atoms with van der Waals surface area (Å²) < 4.78 is 27.2. The van der Waals surface area contributed by atoms with Crippen LogP contribution < -0.4 is 4.72 Å². The van der Waals surface area contributed by atoms with Gasteiger partial charge in [0.25, 0.3) is 0 Å². The van der Waals surface area contributed by atoms with Gasteiger partial charge in [0.1, 0.15) is 4.90 Å². The fraction of sp³-hybridized carbons (Fsp3) is 0.500. The average molecular weight is 323 g/mol. The lowest BCUT2D eigenvalue weighted by Gasteiger charge is -2.24. The van der Waals surface area contributed by atoms with Crippen LogP contribution in [0.5, 0.6) is 0 Å². The highest BCUT2D eigenvalue weighted by molar-refractivity contribution is 9.10. The highest BCUT2D eigenvalue weighted by Gasteiger charge is 2.25. The predicted octanol–water partition coefficient (Wildman–Crippen LogP) is 1.28. The molecule has 0 bridgehead atoms. The topological polar surface area (TPSA) is 79.3 Å². The monoisotopic (exact) mass is 322 g/mol. The van der Waals surface area contributed by atoms with Gasteiger partial charge in [0, 0.05) is 29.0 Å². The van der Waals surface area contributed by atoms with Gasteiger partial charge >= 0.3 is 0 Å². The number of nitrogens with zero attached hydrogens (tertiary/aromatic N) is 1. The van der Waals surface area contributed by atoms with Crippen molar-refractivity contribution in [3.8, 4) is 0 Å². The summed E-state index contributed by atoms with van der Waals surface area (Å²) in [7, 11) is -3.62. The predicted molar refractivity (Wildman–Crippen MR) is 68.0 cm³/mol. The molecule has 0 radical (unpaired) electrons. The van der Waals surface area contributed by atoms with Crippen LogP contribution in [0.15, 0.2) is 27.8 Å². The molecule has 0 aliphatic heterocycles. The van der Waals surface area contributed by atoms with Crippen molar-refractivity contribution in [1.29, 1.82) is 0 Å². The second-order valence-corrected chi connectivity index (χ2v) is 6.90. The lowest BCUT2D eigenvalue weighted by atomic mass is 10.0. The minimum Gasteiger partial charge on any atom is -0.396 e. The van der Waals surface area contributed by atoms with Crippen molar-refractivity contribution in [2.24, 2.45) is 0 Å². The Labute approximate surface area is 109 Å². The molecule has 0 aromatic carbocycles. The minimum atomic E-state index is -3.62. The first kappa shape index (κ1) is 14.6. The number of halogens is 1. The highest BCUT2D eigenvalue weighted by atomic mass is 79.9. The van der Waals surface area contributed by atoms with E-state index >= 15 is 0 Å². The van der Waals surface area contributed by atoms with Crippen molar-refractivity contribution in [1.82, 2.24) is 9.71 Å². The molecule has 1 rings (SSSR count). The molecule has 1 aromatic rings. The molecule has 0 saturated heterocycles. The summed E-state index contributed by atoms with van der Waals surface area (Å²) in [6.45, 7) is 3.35. The Kier molecular flexibility index (Phi) is 4.65. The van der Waals surface area contributed by atoms with E-state index in [4.69, 9.17) is 5.11 Å². The molecule has 1 heterocycles. The maximum absolute atomic E-state index is 12.0. The van der Waals surface area contributed by atoms with Crippen molar-refractivity contribution in [2.75, 3.05) is 6.61 Å². The lowest BCUT2D eigenvalue weighted by molar-refractivity contribution is 0.245. The molecule has 0 amide bonds. The molecule has 7 heteroatoms. The van der Waals surface area contributed by atoms with Crippen molar-refractivity contribution in [2.45, 2.75) is 30.7 Å². The van der Waals surface area contributed by atoms with Gasteiger partial charge < -0.3 is 5.11 Å². The zero-order valence-electron chi connectivity index (χ0n) is 9.64. The summed E-state index contributed by atoms with van der Waals surface area (Å²) in [5.74, 6) is 0. The molecule has 2 N–H and O–H groups in total. The summed E-state index contributed by atoms with van der Waals surface area (Å²) >= 11 is 3.17. The molecular weight excluding hydrogens is 308 g/mol. The maximum atomic E-state index is 12.0. The maximum Gasteiger partial charge on any atom is 0.242 e. The summed E-state index contributed by atoms with van der Waals surface area (Å²) in [6.07, 6.45) is 3.13. The number of aromatic nitrogens is 1. The number of pyridine rings is 1. The van der Waals surface area contributed by atoms with E-state index in [1.54, 1.807) is 13.8 Å². The molecule has 1 aromatic heterocycles. The number of nitrogens with one attached hydrogen (secondary N) is 1. The van der Waals surface area contributed by atoms with Crippen LogP contribution in [-0.4, -0.2) is 30.7 Å². The number of rotatable bonds is 5. The van der Waals surface area contributed by atoms with Crippen LogP contribution in [0.3, 0.4) is 0 Å². The number of aliphatic hydroxyl groups is 1. The lowest BCUT2D eigenvalue weighted by Crippen LogP contribution is -2.43. The Morgan fingerprint density at radius 2 is 2.12 bits per heavy atom. The van der Waals surface area contributed by atoms with E-state index in [-0.39, 0.29) is 11.5 Å². The van der Waals surface area contributed by atoms with Crippen molar-refractivity contribution in [3.05, 3.63) is 22.9 Å². The standard InChI is InChI=1S/C10H15BrN2O3S/c1-10(2,3-4-14)13-17(15,16)9-5-8(11)6-12-7-9/h5-7,13-14H,3-4H2,1-2H3. The third kappa shape index (κ3) is 4.34. The molecule has 0 saturated carbocycles. The molecule has 0 fully saturated rings. The summed E-state index contributed by atoms with van der Waals surface area (Å²) in [6, 6.07) is 1.48. The molecular formula is C10H15BrN2O3S. The Hall–Kier alpha value is -0.500. The van der Waals surface area contributed by atoms with Crippen LogP contribution in [0.1, 0.15) is 20.3 Å². The van der Waals surface area contributed by atoms with Crippen LogP contribution in [-0.2, 0) is 10.0 Å². The van der Waals surface area contributed by atoms with Gasteiger partial charge in [-0.05, 0) is 42.3 Å². The molecule has 0 aliphatic carbocycles. The van der Waals surface area contributed by atoms with E-state index in [0.29, 0.717) is 10.9 Å². The highest BCUT2D eigenvalue weighted by Crippen LogP contribution is 2.17. The van der Waals surface area contributed by atoms with Crippen molar-refractivity contribution in [3.63, 3.8) is 0 Å². The quantitative estimate of drug-likeness (QED) is 0.856.